The molecule has 0 amide bonds. The number of esters is 1. The summed E-state index contributed by atoms with van der Waals surface area (Å²) in [6, 6.07) is 8.44. The van der Waals surface area contributed by atoms with Gasteiger partial charge in [0.15, 0.2) is 0 Å². The second-order valence-corrected chi connectivity index (χ2v) is 6.96. The van der Waals surface area contributed by atoms with Crippen molar-refractivity contribution in [1.82, 2.24) is 0 Å². The number of benzene rings is 2. The maximum Gasteiger partial charge on any atom is 0.345 e. The third-order valence-corrected chi connectivity index (χ3v) is 3.44. The lowest BCUT2D eigenvalue weighted by Crippen LogP contribution is -2.24. The van der Waals surface area contributed by atoms with E-state index in [0.717, 1.165) is 0 Å². The van der Waals surface area contributed by atoms with Gasteiger partial charge in [0, 0.05) is 17.2 Å². The average molecular weight is 384 g/mol. The zero-order valence-corrected chi connectivity index (χ0v) is 15.2. The molecule has 0 aliphatic rings. The number of carbonyl (C=O) groups excluding carboxylic acids is 1. The van der Waals surface area contributed by atoms with Crippen molar-refractivity contribution in [2.75, 3.05) is 0 Å². The van der Waals surface area contributed by atoms with Crippen molar-refractivity contribution < 1.29 is 19.2 Å². The van der Waals surface area contributed by atoms with Crippen molar-refractivity contribution in [3.8, 4) is 11.5 Å². The fourth-order valence-electron chi connectivity index (χ4n) is 1.92. The number of halogens is 2. The maximum atomic E-state index is 12.3. The molecule has 0 aromatic heterocycles. The minimum atomic E-state index is -0.813. The molecule has 6 nitrogen and oxygen atoms in total. The van der Waals surface area contributed by atoms with Gasteiger partial charge in [0.05, 0.1) is 9.95 Å². The Hall–Kier alpha value is -2.31. The molecule has 132 valence electrons. The number of carbonyl (C=O) groups is 1. The molecule has 0 spiro atoms. The van der Waals surface area contributed by atoms with Crippen LogP contribution in [0.2, 0.25) is 10.0 Å². The smallest absolute Gasteiger partial charge is 0.345 e. The summed E-state index contributed by atoms with van der Waals surface area (Å²) in [5.41, 5.74) is -1.37. The summed E-state index contributed by atoms with van der Waals surface area (Å²) >= 11 is 11.9. The zero-order chi connectivity index (χ0) is 18.8. The summed E-state index contributed by atoms with van der Waals surface area (Å²) in [6.07, 6.45) is 0. The van der Waals surface area contributed by atoms with E-state index in [-0.39, 0.29) is 22.0 Å². The number of hydrogen-bond donors (Lipinski definition) is 0. The van der Waals surface area contributed by atoms with Crippen LogP contribution in [0.4, 0.5) is 5.69 Å². The fourth-order valence-corrected chi connectivity index (χ4v) is 2.37. The largest absolute Gasteiger partial charge is 0.456 e. The highest BCUT2D eigenvalue weighted by Gasteiger charge is 2.26. The number of nitro benzene ring substituents is 1. The van der Waals surface area contributed by atoms with Crippen molar-refractivity contribution in [3.63, 3.8) is 0 Å². The van der Waals surface area contributed by atoms with Gasteiger partial charge in [0.1, 0.15) is 22.7 Å². The molecule has 25 heavy (non-hydrogen) atoms. The number of ether oxygens (including phenoxy) is 2. The Labute approximate surface area is 154 Å². The molecule has 0 radical (unpaired) electrons. The van der Waals surface area contributed by atoms with Gasteiger partial charge in [0.25, 0.3) is 5.69 Å². The Kier molecular flexibility index (Phi) is 5.55. The van der Waals surface area contributed by atoms with Crippen LogP contribution in [0.3, 0.4) is 0 Å². The molecule has 2 aromatic rings. The highest BCUT2D eigenvalue weighted by molar-refractivity contribution is 6.35. The summed E-state index contributed by atoms with van der Waals surface area (Å²) in [5.74, 6) is -0.308. The van der Waals surface area contributed by atoms with Gasteiger partial charge in [-0.05, 0) is 45.0 Å². The van der Waals surface area contributed by atoms with Crippen molar-refractivity contribution in [2.24, 2.45) is 0 Å². The molecular formula is C17H15Cl2NO5. The van der Waals surface area contributed by atoms with Crippen LogP contribution in [-0.2, 0) is 4.74 Å². The molecule has 0 fully saturated rings. The normalized spacial score (nSPS) is 11.1. The summed E-state index contributed by atoms with van der Waals surface area (Å²) in [5, 5.41) is 11.9. The van der Waals surface area contributed by atoms with Gasteiger partial charge < -0.3 is 9.47 Å². The van der Waals surface area contributed by atoms with E-state index < -0.39 is 16.5 Å². The van der Waals surface area contributed by atoms with Gasteiger partial charge in [-0.25, -0.2) is 4.79 Å². The van der Waals surface area contributed by atoms with E-state index >= 15 is 0 Å². The predicted molar refractivity (Wildman–Crippen MR) is 94.8 cm³/mol. The van der Waals surface area contributed by atoms with Crippen LogP contribution in [0, 0.1) is 10.1 Å². The minimum absolute atomic E-state index is 0.204. The highest BCUT2D eigenvalue weighted by Crippen LogP contribution is 2.34. The van der Waals surface area contributed by atoms with E-state index in [9.17, 15) is 14.9 Å². The number of nitrogens with zero attached hydrogens (tertiary/aromatic N) is 1. The molecule has 0 unspecified atom stereocenters. The van der Waals surface area contributed by atoms with Crippen LogP contribution < -0.4 is 4.74 Å². The molecule has 0 atom stereocenters. The Bertz CT molecular complexity index is 830. The van der Waals surface area contributed by atoms with Gasteiger partial charge in [-0.15, -0.1) is 0 Å². The average Bonchev–Trinajstić information content (AvgIpc) is 2.48. The van der Waals surface area contributed by atoms with Crippen molar-refractivity contribution in [3.05, 3.63) is 62.1 Å². The topological polar surface area (TPSA) is 78.7 Å². The van der Waals surface area contributed by atoms with Crippen molar-refractivity contribution >= 4 is 34.9 Å². The second-order valence-electron chi connectivity index (χ2n) is 6.11. The summed E-state index contributed by atoms with van der Waals surface area (Å²) in [6.45, 7) is 5.01. The lowest BCUT2D eigenvalue weighted by atomic mass is 10.1. The first-order valence-electron chi connectivity index (χ1n) is 7.21. The van der Waals surface area contributed by atoms with Crippen LogP contribution >= 0.6 is 23.2 Å². The molecule has 8 heteroatoms. The first-order valence-corrected chi connectivity index (χ1v) is 7.97. The SMILES string of the molecule is CC(C)(C)OC(=O)c1cc(Oc2ccc(Cl)cc2Cl)ccc1[N+](=O)[O-]. The lowest BCUT2D eigenvalue weighted by molar-refractivity contribution is -0.385. The van der Waals surface area contributed by atoms with E-state index in [4.69, 9.17) is 32.7 Å². The molecule has 2 aromatic carbocycles. The number of rotatable bonds is 4. The van der Waals surface area contributed by atoms with Gasteiger partial charge >= 0.3 is 5.97 Å². The monoisotopic (exact) mass is 383 g/mol. The molecule has 0 bridgehead atoms. The van der Waals surface area contributed by atoms with Crippen LogP contribution in [0.5, 0.6) is 11.5 Å². The molecule has 0 saturated heterocycles. The van der Waals surface area contributed by atoms with E-state index in [2.05, 4.69) is 0 Å². The number of hydrogen-bond acceptors (Lipinski definition) is 5. The highest BCUT2D eigenvalue weighted by atomic mass is 35.5. The molecular weight excluding hydrogens is 369 g/mol. The van der Waals surface area contributed by atoms with Gasteiger partial charge in [0.2, 0.25) is 0 Å². The van der Waals surface area contributed by atoms with Crippen LogP contribution in [0.15, 0.2) is 36.4 Å². The Morgan fingerprint density at radius 1 is 1.12 bits per heavy atom. The fraction of sp³-hybridized carbons (Fsp3) is 0.235. The Morgan fingerprint density at radius 2 is 1.80 bits per heavy atom. The van der Waals surface area contributed by atoms with Gasteiger partial charge in [-0.3, -0.25) is 10.1 Å². The summed E-state index contributed by atoms with van der Waals surface area (Å²) in [4.78, 5) is 22.8. The number of nitro groups is 1. The molecule has 0 N–H and O–H groups in total. The molecule has 0 aliphatic carbocycles. The van der Waals surface area contributed by atoms with E-state index in [1.165, 1.54) is 24.3 Å². The first kappa shape index (κ1) is 19.0. The van der Waals surface area contributed by atoms with E-state index in [0.29, 0.717) is 10.8 Å². The Balaban J connectivity index is 2.39. The van der Waals surface area contributed by atoms with Crippen LogP contribution in [0.1, 0.15) is 31.1 Å². The van der Waals surface area contributed by atoms with Crippen molar-refractivity contribution in [2.45, 2.75) is 26.4 Å². The Morgan fingerprint density at radius 3 is 2.36 bits per heavy atom. The van der Waals surface area contributed by atoms with Gasteiger partial charge in [-0.2, -0.15) is 0 Å². The maximum absolute atomic E-state index is 12.3. The second kappa shape index (κ2) is 7.29. The zero-order valence-electron chi connectivity index (χ0n) is 13.7. The quantitative estimate of drug-likeness (QED) is 0.387. The molecule has 0 saturated carbocycles. The summed E-state index contributed by atoms with van der Waals surface area (Å²) < 4.78 is 10.8. The predicted octanol–water partition coefficient (Wildman–Crippen LogP) is 5.65. The van der Waals surface area contributed by atoms with E-state index in [1.807, 2.05) is 0 Å². The molecule has 0 aliphatic heterocycles. The standard InChI is InChI=1S/C17H15Cl2NO5/c1-17(2,3)25-16(21)12-9-11(5-6-14(12)20(22)23)24-15-7-4-10(18)8-13(15)19/h4-9H,1-3H3. The van der Waals surface area contributed by atoms with E-state index in [1.54, 1.807) is 32.9 Å². The molecule has 2 rings (SSSR count). The van der Waals surface area contributed by atoms with Crippen LogP contribution in [0.25, 0.3) is 0 Å². The van der Waals surface area contributed by atoms with Crippen molar-refractivity contribution in [1.29, 1.82) is 0 Å². The van der Waals surface area contributed by atoms with Crippen LogP contribution in [-0.4, -0.2) is 16.5 Å². The minimum Gasteiger partial charge on any atom is -0.456 e. The third kappa shape index (κ3) is 5.08. The lowest BCUT2D eigenvalue weighted by Gasteiger charge is -2.19. The first-order chi connectivity index (χ1) is 11.6. The third-order valence-electron chi connectivity index (χ3n) is 2.91. The summed E-state index contributed by atoms with van der Waals surface area (Å²) in [7, 11) is 0. The van der Waals surface area contributed by atoms with Gasteiger partial charge in [-0.1, -0.05) is 23.2 Å². The molecule has 0 heterocycles.